The van der Waals surface area contributed by atoms with Gasteiger partial charge in [0.25, 0.3) is 5.56 Å². The van der Waals surface area contributed by atoms with E-state index in [1.54, 1.807) is 0 Å². The molecule has 2 aromatic rings. The molecule has 15 heavy (non-hydrogen) atoms. The largest absolute Gasteiger partial charge is 0.387 e. The first-order valence-corrected chi connectivity index (χ1v) is 4.35. The number of nitrogens with one attached hydrogen (secondary N) is 1. The summed E-state index contributed by atoms with van der Waals surface area (Å²) in [5, 5.41) is 3.90. The second-order valence-electron chi connectivity index (χ2n) is 2.62. The molecule has 0 aromatic carbocycles. The molecule has 0 aliphatic carbocycles. The Kier molecular flexibility index (Phi) is 2.26. The third kappa shape index (κ3) is 1.74. The van der Waals surface area contributed by atoms with E-state index in [0.717, 1.165) is 0 Å². The Morgan fingerprint density at radius 3 is 2.93 bits per heavy atom. The molecule has 7 nitrogen and oxygen atoms in total. The fourth-order valence-electron chi connectivity index (χ4n) is 0.985. The number of aromatic amines is 1. The van der Waals surface area contributed by atoms with Crippen molar-refractivity contribution in [1.29, 1.82) is 0 Å². The molecule has 0 radical (unpaired) electrons. The molecule has 0 atom stereocenters. The smallest absolute Gasteiger partial charge is 0.293 e. The number of nitrogens with zero attached hydrogens (tertiary/aromatic N) is 4. The van der Waals surface area contributed by atoms with Crippen LogP contribution in [0.25, 0.3) is 5.82 Å². The first kappa shape index (κ1) is 9.46. The van der Waals surface area contributed by atoms with Crippen LogP contribution in [0.5, 0.6) is 0 Å². The van der Waals surface area contributed by atoms with E-state index in [-0.39, 0.29) is 22.2 Å². The second kappa shape index (κ2) is 3.58. The van der Waals surface area contributed by atoms with E-state index in [4.69, 9.17) is 18.0 Å². The Labute approximate surface area is 89.0 Å². The maximum absolute atomic E-state index is 11.3. The second-order valence-corrected chi connectivity index (χ2v) is 3.06. The molecule has 0 saturated heterocycles. The van der Waals surface area contributed by atoms with Crippen molar-refractivity contribution in [2.24, 2.45) is 5.73 Å². The molecule has 0 unspecified atom stereocenters. The zero-order valence-corrected chi connectivity index (χ0v) is 8.23. The minimum absolute atomic E-state index is 0.0705. The van der Waals surface area contributed by atoms with Gasteiger partial charge < -0.3 is 10.7 Å². The number of thiocarbonyl (C=S) groups is 1. The number of hydrogen-bond donors (Lipinski definition) is 2. The van der Waals surface area contributed by atoms with Gasteiger partial charge in [-0.2, -0.15) is 4.68 Å². The van der Waals surface area contributed by atoms with Crippen LogP contribution in [-0.4, -0.2) is 29.7 Å². The zero-order valence-electron chi connectivity index (χ0n) is 7.41. The van der Waals surface area contributed by atoms with Crippen molar-refractivity contribution in [2.75, 3.05) is 0 Å². The molecular formula is C7H6N6OS. The summed E-state index contributed by atoms with van der Waals surface area (Å²) in [6.45, 7) is 0. The van der Waals surface area contributed by atoms with Gasteiger partial charge in [-0.15, -0.1) is 5.10 Å². The Balaban J connectivity index is 2.51. The van der Waals surface area contributed by atoms with Crippen molar-refractivity contribution < 1.29 is 0 Å². The molecule has 2 heterocycles. The highest BCUT2D eigenvalue weighted by Gasteiger charge is 2.08. The summed E-state index contributed by atoms with van der Waals surface area (Å²) in [5.41, 5.74) is 4.97. The minimum Gasteiger partial charge on any atom is -0.387 e. The van der Waals surface area contributed by atoms with Crippen LogP contribution in [0, 0.1) is 0 Å². The molecular weight excluding hydrogens is 216 g/mol. The van der Waals surface area contributed by atoms with Gasteiger partial charge in [-0.05, 0) is 0 Å². The van der Waals surface area contributed by atoms with E-state index in [1.807, 2.05) is 0 Å². The zero-order chi connectivity index (χ0) is 10.8. The van der Waals surface area contributed by atoms with Crippen molar-refractivity contribution >= 4 is 17.2 Å². The van der Waals surface area contributed by atoms with Gasteiger partial charge in [-0.3, -0.25) is 4.79 Å². The molecule has 8 heteroatoms. The number of hydrogen-bond acceptors (Lipinski definition) is 5. The average molecular weight is 222 g/mol. The van der Waals surface area contributed by atoms with E-state index >= 15 is 0 Å². The molecule has 3 N–H and O–H groups in total. The van der Waals surface area contributed by atoms with Crippen LogP contribution < -0.4 is 11.3 Å². The number of nitrogens with two attached hydrogens (primary N) is 1. The van der Waals surface area contributed by atoms with Crippen LogP contribution in [-0.2, 0) is 0 Å². The van der Waals surface area contributed by atoms with E-state index < -0.39 is 0 Å². The van der Waals surface area contributed by atoms with Crippen LogP contribution in [0.2, 0.25) is 0 Å². The highest BCUT2D eigenvalue weighted by atomic mass is 32.1. The van der Waals surface area contributed by atoms with Crippen LogP contribution in [0.15, 0.2) is 23.5 Å². The van der Waals surface area contributed by atoms with Gasteiger partial charge in [0.05, 0.1) is 0 Å². The topological polar surface area (TPSA) is 102 Å². The Morgan fingerprint density at radius 1 is 1.53 bits per heavy atom. The maximum atomic E-state index is 11.3. The summed E-state index contributed by atoms with van der Waals surface area (Å²) in [5.74, 6) is 0.322. The number of rotatable bonds is 2. The van der Waals surface area contributed by atoms with Crippen molar-refractivity contribution in [1.82, 2.24) is 24.7 Å². The molecule has 0 spiro atoms. The lowest BCUT2D eigenvalue weighted by Crippen LogP contribution is -2.17. The third-order valence-electron chi connectivity index (χ3n) is 1.62. The lowest BCUT2D eigenvalue weighted by molar-refractivity contribution is 0.820. The SMILES string of the molecule is NC(=S)c1ncn(-c2ncc[nH]c2=O)n1. The third-order valence-corrected chi connectivity index (χ3v) is 1.80. The van der Waals surface area contributed by atoms with Gasteiger partial charge in [0, 0.05) is 12.4 Å². The van der Waals surface area contributed by atoms with Crippen molar-refractivity contribution in [3.63, 3.8) is 0 Å². The summed E-state index contributed by atoms with van der Waals surface area (Å²) >= 11 is 4.69. The normalized spacial score (nSPS) is 10.1. The minimum atomic E-state index is -0.364. The van der Waals surface area contributed by atoms with Crippen LogP contribution in [0.4, 0.5) is 0 Å². The van der Waals surface area contributed by atoms with Gasteiger partial charge in [0.15, 0.2) is 0 Å². The number of aromatic nitrogens is 5. The maximum Gasteiger partial charge on any atom is 0.293 e. The van der Waals surface area contributed by atoms with Crippen molar-refractivity contribution in [2.45, 2.75) is 0 Å². The van der Waals surface area contributed by atoms with Crippen molar-refractivity contribution in [3.05, 3.63) is 34.9 Å². The quantitative estimate of drug-likeness (QED) is 0.631. The lowest BCUT2D eigenvalue weighted by atomic mass is 10.6. The summed E-state index contributed by atoms with van der Waals surface area (Å²) in [7, 11) is 0. The first-order chi connectivity index (χ1) is 7.18. The van der Waals surface area contributed by atoms with E-state index in [9.17, 15) is 4.79 Å². The molecule has 0 amide bonds. The average Bonchev–Trinajstić information content (AvgIpc) is 2.67. The monoisotopic (exact) mass is 222 g/mol. The highest BCUT2D eigenvalue weighted by Crippen LogP contribution is 1.94. The van der Waals surface area contributed by atoms with Crippen LogP contribution >= 0.6 is 12.2 Å². The predicted molar refractivity (Wildman–Crippen MR) is 55.7 cm³/mol. The fraction of sp³-hybridized carbons (Fsp3) is 0. The fourth-order valence-corrected chi connectivity index (χ4v) is 1.08. The van der Waals surface area contributed by atoms with Gasteiger partial charge in [-0.25, -0.2) is 9.97 Å². The van der Waals surface area contributed by atoms with Crippen LogP contribution in [0.3, 0.4) is 0 Å². The lowest BCUT2D eigenvalue weighted by Gasteiger charge is -1.95. The molecule has 0 aliphatic rings. The summed E-state index contributed by atoms with van der Waals surface area (Å²) in [6.07, 6.45) is 4.20. The number of H-pyrrole nitrogens is 1. The van der Waals surface area contributed by atoms with Gasteiger partial charge in [-0.1, -0.05) is 12.2 Å². The molecule has 0 fully saturated rings. The summed E-state index contributed by atoms with van der Waals surface area (Å²) in [6, 6.07) is 0. The van der Waals surface area contributed by atoms with Crippen LogP contribution in [0.1, 0.15) is 5.82 Å². The highest BCUT2D eigenvalue weighted by molar-refractivity contribution is 7.80. The molecule has 2 rings (SSSR count). The standard InChI is InChI=1S/C7H6N6OS/c8-4(15)5-11-3-13(12-5)6-7(14)10-2-1-9-6/h1-3H,(H2,8,15)(H,10,14). The molecule has 0 saturated carbocycles. The Hall–Kier alpha value is -2.09. The Morgan fingerprint density at radius 2 is 2.33 bits per heavy atom. The molecule has 76 valence electrons. The summed E-state index contributed by atoms with van der Waals surface area (Å²) in [4.78, 5) is 21.5. The Bertz CT molecular complexity index is 558. The predicted octanol–water partition coefficient (Wildman–Crippen LogP) is -1.02. The van der Waals surface area contributed by atoms with E-state index in [2.05, 4.69) is 20.1 Å². The first-order valence-electron chi connectivity index (χ1n) is 3.94. The van der Waals surface area contributed by atoms with Gasteiger partial charge in [0.1, 0.15) is 11.3 Å². The summed E-state index contributed by atoms with van der Waals surface area (Å²) < 4.78 is 1.22. The molecule has 2 aromatic heterocycles. The van der Waals surface area contributed by atoms with Gasteiger partial charge in [0.2, 0.25) is 11.6 Å². The molecule has 0 aliphatic heterocycles. The van der Waals surface area contributed by atoms with E-state index in [0.29, 0.717) is 0 Å². The van der Waals surface area contributed by atoms with Crippen molar-refractivity contribution in [3.8, 4) is 5.82 Å². The van der Waals surface area contributed by atoms with Gasteiger partial charge >= 0.3 is 0 Å². The molecule has 0 bridgehead atoms. The van der Waals surface area contributed by atoms with E-state index in [1.165, 1.54) is 23.4 Å².